The van der Waals surface area contributed by atoms with E-state index in [0.29, 0.717) is 61.1 Å². The first-order valence-corrected chi connectivity index (χ1v) is 15.1. The van der Waals surface area contributed by atoms with Crippen molar-refractivity contribution in [1.82, 2.24) is 19.9 Å². The van der Waals surface area contributed by atoms with Crippen LogP contribution >= 0.6 is 0 Å². The smallest absolute Gasteiger partial charge is 0.321 e. The molecule has 0 bridgehead atoms. The topological polar surface area (TPSA) is 111 Å². The number of aryl methyl sites for hydroxylation is 1. The van der Waals surface area contributed by atoms with Gasteiger partial charge in [-0.25, -0.2) is 9.78 Å². The molecule has 0 spiro atoms. The summed E-state index contributed by atoms with van der Waals surface area (Å²) in [5.41, 5.74) is 4.74. The van der Waals surface area contributed by atoms with Crippen LogP contribution in [0.2, 0.25) is 0 Å². The second kappa shape index (κ2) is 14.0. The van der Waals surface area contributed by atoms with E-state index in [-0.39, 0.29) is 18.6 Å². The Labute approximate surface area is 267 Å². The highest BCUT2D eigenvalue weighted by atomic mass is 16.5. The molecule has 0 radical (unpaired) electrons. The predicted octanol–water partition coefficient (Wildman–Crippen LogP) is 5.83. The third kappa shape index (κ3) is 7.04. The second-order valence-electron chi connectivity index (χ2n) is 10.7. The summed E-state index contributed by atoms with van der Waals surface area (Å²) in [5, 5.41) is 3.01. The monoisotopic (exact) mass is 620 g/mol. The van der Waals surface area contributed by atoms with Crippen molar-refractivity contribution in [3.8, 4) is 34.5 Å². The maximum Gasteiger partial charge on any atom is 0.321 e. The molecule has 2 amide bonds. The molecule has 0 aliphatic carbocycles. The molecule has 1 saturated heterocycles. The molecule has 11 heteroatoms. The van der Waals surface area contributed by atoms with E-state index in [1.807, 2.05) is 96.8 Å². The SMILES string of the molecule is COc1ccc(-c2ccc3nc(OCCOc4ccccc4)nc(N4CCN(C(=O)Nc5cccc(C)c5)CC4)c3n2)cc1OC. The molecule has 11 nitrogen and oxygen atoms in total. The van der Waals surface area contributed by atoms with Gasteiger partial charge in [-0.15, -0.1) is 0 Å². The zero-order valence-electron chi connectivity index (χ0n) is 26.1. The van der Waals surface area contributed by atoms with Gasteiger partial charge in [0.05, 0.1) is 25.4 Å². The van der Waals surface area contributed by atoms with Gasteiger partial charge in [-0.2, -0.15) is 9.97 Å². The van der Waals surface area contributed by atoms with Crippen LogP contribution in [-0.4, -0.2) is 79.5 Å². The van der Waals surface area contributed by atoms with Gasteiger partial charge < -0.3 is 34.1 Å². The van der Waals surface area contributed by atoms with Gasteiger partial charge in [0.2, 0.25) is 0 Å². The lowest BCUT2D eigenvalue weighted by atomic mass is 10.1. The number of benzene rings is 3. The molecule has 1 fully saturated rings. The van der Waals surface area contributed by atoms with Gasteiger partial charge in [0.25, 0.3) is 0 Å². The van der Waals surface area contributed by atoms with Crippen LogP contribution in [0.5, 0.6) is 23.3 Å². The second-order valence-corrected chi connectivity index (χ2v) is 10.7. The molecule has 46 heavy (non-hydrogen) atoms. The van der Waals surface area contributed by atoms with Crippen LogP contribution in [0.4, 0.5) is 16.3 Å². The van der Waals surface area contributed by atoms with E-state index in [1.165, 1.54) is 0 Å². The molecule has 6 rings (SSSR count). The number of hydrogen-bond donors (Lipinski definition) is 1. The van der Waals surface area contributed by atoms with Gasteiger partial charge in [0.15, 0.2) is 17.3 Å². The predicted molar refractivity (Wildman–Crippen MR) is 177 cm³/mol. The Morgan fingerprint density at radius 2 is 1.57 bits per heavy atom. The number of pyridine rings is 1. The summed E-state index contributed by atoms with van der Waals surface area (Å²) in [6.45, 7) is 4.76. The van der Waals surface area contributed by atoms with E-state index in [2.05, 4.69) is 15.2 Å². The van der Waals surface area contributed by atoms with Crippen molar-refractivity contribution >= 4 is 28.6 Å². The lowest BCUT2D eigenvalue weighted by molar-refractivity contribution is 0.205. The van der Waals surface area contributed by atoms with Crippen molar-refractivity contribution in [2.24, 2.45) is 0 Å². The average Bonchev–Trinajstić information content (AvgIpc) is 3.09. The first-order valence-electron chi connectivity index (χ1n) is 15.1. The highest BCUT2D eigenvalue weighted by Crippen LogP contribution is 2.34. The van der Waals surface area contributed by atoms with Crippen molar-refractivity contribution in [1.29, 1.82) is 0 Å². The minimum atomic E-state index is -0.130. The summed E-state index contributed by atoms with van der Waals surface area (Å²) in [6, 6.07) is 27.0. The fourth-order valence-corrected chi connectivity index (χ4v) is 5.28. The number of piperazine rings is 1. The van der Waals surface area contributed by atoms with Crippen LogP contribution < -0.4 is 29.2 Å². The average molecular weight is 621 g/mol. The Hall–Kier alpha value is -5.58. The molecule has 0 atom stereocenters. The summed E-state index contributed by atoms with van der Waals surface area (Å²) in [4.78, 5) is 31.5. The van der Waals surface area contributed by atoms with E-state index in [4.69, 9.17) is 28.9 Å². The number of urea groups is 1. The Balaban J connectivity index is 1.24. The molecule has 1 N–H and O–H groups in total. The Bertz CT molecular complexity index is 1810. The van der Waals surface area contributed by atoms with Gasteiger partial charge in [0, 0.05) is 37.4 Å². The summed E-state index contributed by atoms with van der Waals surface area (Å²) in [6.07, 6.45) is 0. The molecular formula is C35H36N6O5. The standard InChI is InChI=1S/C35H36N6O5/c1-24-8-7-9-26(22-24)36-35(42)41-18-16-40(17-19-41)33-32-29(38-34(39-33)46-21-20-45-27-10-5-4-6-11-27)14-13-28(37-32)25-12-15-30(43-2)31(23-25)44-3/h4-15,22-23H,16-21H2,1-3H3,(H,36,42). The number of hydrogen-bond acceptors (Lipinski definition) is 9. The number of fused-ring (bicyclic) bond motifs is 1. The van der Waals surface area contributed by atoms with Crippen molar-refractivity contribution < 1.29 is 23.7 Å². The molecule has 3 aromatic carbocycles. The van der Waals surface area contributed by atoms with E-state index < -0.39 is 0 Å². The number of nitrogens with one attached hydrogen (secondary N) is 1. The van der Waals surface area contributed by atoms with E-state index in [1.54, 1.807) is 14.2 Å². The molecule has 0 saturated carbocycles. The zero-order valence-corrected chi connectivity index (χ0v) is 26.1. The normalized spacial score (nSPS) is 12.9. The minimum absolute atomic E-state index is 0.130. The van der Waals surface area contributed by atoms with Crippen LogP contribution in [0, 0.1) is 6.92 Å². The van der Waals surface area contributed by atoms with Crippen LogP contribution in [-0.2, 0) is 0 Å². The lowest BCUT2D eigenvalue weighted by Gasteiger charge is -2.35. The maximum atomic E-state index is 13.0. The van der Waals surface area contributed by atoms with Gasteiger partial charge >= 0.3 is 12.0 Å². The lowest BCUT2D eigenvalue weighted by Crippen LogP contribution is -2.50. The molecule has 0 unspecified atom stereocenters. The van der Waals surface area contributed by atoms with Gasteiger partial charge in [0.1, 0.15) is 24.5 Å². The van der Waals surface area contributed by atoms with Crippen LogP contribution in [0.15, 0.2) is 84.9 Å². The Kier molecular flexibility index (Phi) is 9.28. The fourth-order valence-electron chi connectivity index (χ4n) is 5.28. The van der Waals surface area contributed by atoms with E-state index in [9.17, 15) is 4.79 Å². The number of carbonyl (C=O) groups excluding carboxylic acids is 1. The molecule has 3 heterocycles. The van der Waals surface area contributed by atoms with Gasteiger partial charge in [-0.1, -0.05) is 30.3 Å². The van der Waals surface area contributed by atoms with Crippen LogP contribution in [0.1, 0.15) is 5.56 Å². The highest BCUT2D eigenvalue weighted by molar-refractivity contribution is 5.90. The largest absolute Gasteiger partial charge is 0.493 e. The third-order valence-electron chi connectivity index (χ3n) is 7.64. The first-order chi connectivity index (χ1) is 22.5. The number of para-hydroxylation sites is 1. The highest BCUT2D eigenvalue weighted by Gasteiger charge is 2.25. The number of methoxy groups -OCH3 is 2. The quantitative estimate of drug-likeness (QED) is 0.193. The van der Waals surface area contributed by atoms with Gasteiger partial charge in [-0.3, -0.25) is 0 Å². The molecule has 5 aromatic rings. The number of rotatable bonds is 10. The van der Waals surface area contributed by atoms with E-state index in [0.717, 1.165) is 28.3 Å². The fraction of sp³-hybridized carbons (Fsp3) is 0.257. The molecular weight excluding hydrogens is 584 g/mol. The van der Waals surface area contributed by atoms with Gasteiger partial charge in [-0.05, 0) is 67.1 Å². The van der Waals surface area contributed by atoms with Crippen LogP contribution in [0.3, 0.4) is 0 Å². The number of ether oxygens (including phenoxy) is 4. The minimum Gasteiger partial charge on any atom is -0.493 e. The van der Waals surface area contributed by atoms with Crippen molar-refractivity contribution in [3.05, 3.63) is 90.5 Å². The Morgan fingerprint density at radius 3 is 2.33 bits per heavy atom. The number of amides is 2. The van der Waals surface area contributed by atoms with Crippen LogP contribution in [0.25, 0.3) is 22.3 Å². The number of aromatic nitrogens is 3. The summed E-state index contributed by atoms with van der Waals surface area (Å²) in [5.74, 6) is 2.66. The zero-order chi connectivity index (χ0) is 31.9. The molecule has 1 aliphatic rings. The molecule has 236 valence electrons. The number of carbonyl (C=O) groups is 1. The number of nitrogens with zero attached hydrogens (tertiary/aromatic N) is 5. The molecule has 1 aliphatic heterocycles. The summed E-state index contributed by atoms with van der Waals surface area (Å²) < 4.78 is 22.7. The first kappa shape index (κ1) is 30.4. The Morgan fingerprint density at radius 1 is 0.783 bits per heavy atom. The third-order valence-corrected chi connectivity index (χ3v) is 7.64. The summed E-state index contributed by atoms with van der Waals surface area (Å²) in [7, 11) is 3.21. The van der Waals surface area contributed by atoms with Crippen molar-refractivity contribution in [2.45, 2.75) is 6.92 Å². The number of anilines is 2. The molecule has 2 aromatic heterocycles. The van der Waals surface area contributed by atoms with E-state index >= 15 is 0 Å². The maximum absolute atomic E-state index is 13.0. The van der Waals surface area contributed by atoms with Crippen molar-refractivity contribution in [3.63, 3.8) is 0 Å². The van der Waals surface area contributed by atoms with Crippen molar-refractivity contribution in [2.75, 3.05) is 63.8 Å². The summed E-state index contributed by atoms with van der Waals surface area (Å²) >= 11 is 0.